The van der Waals surface area contributed by atoms with E-state index in [9.17, 15) is 18.3 Å². The Morgan fingerprint density at radius 1 is 1.48 bits per heavy atom. The number of hydrogen-bond donors (Lipinski definition) is 2. The molecule has 6 nitrogen and oxygen atoms in total. The minimum absolute atomic E-state index is 0.0738. The summed E-state index contributed by atoms with van der Waals surface area (Å²) in [5.41, 5.74) is 3.66. The van der Waals surface area contributed by atoms with Gasteiger partial charge in [0.15, 0.2) is 5.69 Å². The maximum atomic E-state index is 12.8. The van der Waals surface area contributed by atoms with Crippen molar-refractivity contribution < 1.29 is 23.0 Å². The van der Waals surface area contributed by atoms with Crippen LogP contribution in [0.5, 0.6) is 0 Å². The number of aliphatic hydroxyl groups excluding tert-OH is 1. The lowest BCUT2D eigenvalue weighted by Crippen LogP contribution is -2.54. The summed E-state index contributed by atoms with van der Waals surface area (Å²) in [5, 5.41) is 9.24. The molecule has 0 bridgehead atoms. The number of halogens is 3. The molecular weight excluding hydrogens is 289 g/mol. The van der Waals surface area contributed by atoms with Crippen molar-refractivity contribution in [3.8, 4) is 0 Å². The van der Waals surface area contributed by atoms with E-state index in [1.54, 1.807) is 18.7 Å². The van der Waals surface area contributed by atoms with Crippen molar-refractivity contribution >= 4 is 11.8 Å². The molecule has 1 aromatic heterocycles. The van der Waals surface area contributed by atoms with Crippen LogP contribution in [-0.4, -0.2) is 46.5 Å². The Labute approximate surface area is 119 Å². The van der Waals surface area contributed by atoms with Crippen molar-refractivity contribution in [2.24, 2.45) is 0 Å². The summed E-state index contributed by atoms with van der Waals surface area (Å²) in [7, 11) is 0. The fraction of sp³-hybridized carbons (Fsp3) is 0.667. The molecule has 118 valence electrons. The summed E-state index contributed by atoms with van der Waals surface area (Å²) in [6.07, 6.45) is -5.09. The lowest BCUT2D eigenvalue weighted by molar-refractivity contribution is -0.141. The standard InChI is InChI=1S/C12H17F3N4O2/c1-11(2)6-19(4-7(5-20)21-11)9-3-8(12(13,14)15)17-10(16)18-9/h3,7,20H,4-6H2,1-2H3,(H2,16,17,18). The average molecular weight is 306 g/mol. The van der Waals surface area contributed by atoms with Gasteiger partial charge in [-0.25, -0.2) is 4.98 Å². The van der Waals surface area contributed by atoms with Gasteiger partial charge in [-0.2, -0.15) is 18.2 Å². The molecule has 0 saturated carbocycles. The maximum absolute atomic E-state index is 12.8. The van der Waals surface area contributed by atoms with E-state index in [0.29, 0.717) is 6.54 Å². The van der Waals surface area contributed by atoms with Gasteiger partial charge in [0.25, 0.3) is 0 Å². The molecule has 0 radical (unpaired) electrons. The Kier molecular flexibility index (Phi) is 3.98. The number of aliphatic hydroxyl groups is 1. The van der Waals surface area contributed by atoms with Gasteiger partial charge in [-0.05, 0) is 13.8 Å². The van der Waals surface area contributed by atoms with Crippen LogP contribution in [0.15, 0.2) is 6.07 Å². The minimum Gasteiger partial charge on any atom is -0.394 e. The molecule has 1 aliphatic rings. The molecule has 0 amide bonds. The molecule has 0 aromatic carbocycles. The number of alkyl halides is 3. The van der Waals surface area contributed by atoms with Crippen LogP contribution in [0.3, 0.4) is 0 Å². The highest BCUT2D eigenvalue weighted by Gasteiger charge is 2.37. The molecule has 0 spiro atoms. The number of aromatic nitrogens is 2. The largest absolute Gasteiger partial charge is 0.433 e. The monoisotopic (exact) mass is 306 g/mol. The van der Waals surface area contributed by atoms with Crippen LogP contribution >= 0.6 is 0 Å². The van der Waals surface area contributed by atoms with Gasteiger partial charge in [0.1, 0.15) is 5.82 Å². The number of hydrogen-bond acceptors (Lipinski definition) is 6. The summed E-state index contributed by atoms with van der Waals surface area (Å²) < 4.78 is 44.0. The zero-order valence-corrected chi connectivity index (χ0v) is 11.7. The fourth-order valence-corrected chi connectivity index (χ4v) is 2.33. The first-order valence-electron chi connectivity index (χ1n) is 6.36. The van der Waals surface area contributed by atoms with E-state index in [1.807, 2.05) is 0 Å². The van der Waals surface area contributed by atoms with Crippen molar-refractivity contribution in [3.05, 3.63) is 11.8 Å². The third-order valence-electron chi connectivity index (χ3n) is 3.03. The van der Waals surface area contributed by atoms with Crippen LogP contribution in [0.4, 0.5) is 24.9 Å². The quantitative estimate of drug-likeness (QED) is 0.850. The number of nitrogens with two attached hydrogens (primary N) is 1. The Morgan fingerprint density at radius 2 is 2.14 bits per heavy atom. The predicted octanol–water partition coefficient (Wildman–Crippen LogP) is 1.05. The van der Waals surface area contributed by atoms with E-state index in [4.69, 9.17) is 10.5 Å². The first kappa shape index (κ1) is 15.8. The van der Waals surface area contributed by atoms with E-state index in [1.165, 1.54) is 0 Å². The second kappa shape index (κ2) is 5.30. The van der Waals surface area contributed by atoms with Crippen LogP contribution in [-0.2, 0) is 10.9 Å². The Bertz CT molecular complexity index is 522. The fourth-order valence-electron chi connectivity index (χ4n) is 2.33. The van der Waals surface area contributed by atoms with Crippen LogP contribution in [0.1, 0.15) is 19.5 Å². The van der Waals surface area contributed by atoms with E-state index in [0.717, 1.165) is 6.07 Å². The van der Waals surface area contributed by atoms with E-state index >= 15 is 0 Å². The van der Waals surface area contributed by atoms with Gasteiger partial charge in [0.2, 0.25) is 5.95 Å². The predicted molar refractivity (Wildman–Crippen MR) is 69.7 cm³/mol. The highest BCUT2D eigenvalue weighted by atomic mass is 19.4. The smallest absolute Gasteiger partial charge is 0.394 e. The number of rotatable bonds is 2. The molecule has 1 atom stereocenters. The average Bonchev–Trinajstić information content (AvgIpc) is 2.35. The molecular formula is C12H17F3N4O2. The minimum atomic E-state index is -4.59. The Balaban J connectivity index is 2.34. The van der Waals surface area contributed by atoms with Gasteiger partial charge in [-0.1, -0.05) is 0 Å². The number of morpholine rings is 1. The van der Waals surface area contributed by atoms with Gasteiger partial charge >= 0.3 is 6.18 Å². The van der Waals surface area contributed by atoms with E-state index in [2.05, 4.69) is 9.97 Å². The molecule has 21 heavy (non-hydrogen) atoms. The molecule has 1 aliphatic heterocycles. The number of ether oxygens (including phenoxy) is 1. The summed E-state index contributed by atoms with van der Waals surface area (Å²) >= 11 is 0. The third kappa shape index (κ3) is 3.73. The zero-order chi connectivity index (χ0) is 15.8. The summed E-state index contributed by atoms with van der Waals surface area (Å²) in [5.74, 6) is -0.366. The second-order valence-electron chi connectivity index (χ2n) is 5.53. The summed E-state index contributed by atoms with van der Waals surface area (Å²) in [6, 6.07) is 0.853. The van der Waals surface area contributed by atoms with Crippen LogP contribution in [0.2, 0.25) is 0 Å². The van der Waals surface area contributed by atoms with E-state index < -0.39 is 29.5 Å². The maximum Gasteiger partial charge on any atom is 0.433 e. The zero-order valence-electron chi connectivity index (χ0n) is 11.7. The normalized spacial score (nSPS) is 22.4. The summed E-state index contributed by atoms with van der Waals surface area (Å²) in [6.45, 7) is 3.91. The molecule has 3 N–H and O–H groups in total. The van der Waals surface area contributed by atoms with Crippen LogP contribution in [0, 0.1) is 0 Å². The molecule has 2 heterocycles. The molecule has 1 fully saturated rings. The number of nitrogens with zero attached hydrogens (tertiary/aromatic N) is 3. The molecule has 1 aromatic rings. The molecule has 1 saturated heterocycles. The molecule has 2 rings (SSSR count). The van der Waals surface area contributed by atoms with Crippen molar-refractivity contribution in [2.75, 3.05) is 30.3 Å². The van der Waals surface area contributed by atoms with Crippen molar-refractivity contribution in [1.29, 1.82) is 0 Å². The Morgan fingerprint density at radius 3 is 2.71 bits per heavy atom. The van der Waals surface area contributed by atoms with Gasteiger partial charge in [-0.3, -0.25) is 0 Å². The Hall–Kier alpha value is -1.61. The van der Waals surface area contributed by atoms with Crippen molar-refractivity contribution in [2.45, 2.75) is 31.7 Å². The molecule has 1 unspecified atom stereocenters. The summed E-state index contributed by atoms with van der Waals surface area (Å²) in [4.78, 5) is 8.68. The van der Waals surface area contributed by atoms with Gasteiger partial charge in [-0.15, -0.1) is 0 Å². The first-order chi connectivity index (χ1) is 9.60. The molecule has 0 aliphatic carbocycles. The van der Waals surface area contributed by atoms with E-state index in [-0.39, 0.29) is 19.0 Å². The van der Waals surface area contributed by atoms with Crippen LogP contribution in [0.25, 0.3) is 0 Å². The highest BCUT2D eigenvalue weighted by molar-refractivity contribution is 5.45. The van der Waals surface area contributed by atoms with Gasteiger partial charge in [0.05, 0.1) is 18.3 Å². The highest BCUT2D eigenvalue weighted by Crippen LogP contribution is 2.32. The van der Waals surface area contributed by atoms with Crippen molar-refractivity contribution in [3.63, 3.8) is 0 Å². The number of nitrogen functional groups attached to an aromatic ring is 1. The SMILES string of the molecule is CC1(C)CN(c2cc(C(F)(F)F)nc(N)n2)CC(CO)O1. The van der Waals surface area contributed by atoms with Gasteiger partial charge in [0, 0.05) is 19.2 Å². The van der Waals surface area contributed by atoms with Crippen molar-refractivity contribution in [1.82, 2.24) is 9.97 Å². The first-order valence-corrected chi connectivity index (χ1v) is 6.36. The second-order valence-corrected chi connectivity index (χ2v) is 5.53. The van der Waals surface area contributed by atoms with Crippen LogP contribution < -0.4 is 10.6 Å². The lowest BCUT2D eigenvalue weighted by atomic mass is 10.1. The number of anilines is 2. The lowest BCUT2D eigenvalue weighted by Gasteiger charge is -2.42. The third-order valence-corrected chi connectivity index (χ3v) is 3.03. The molecule has 9 heteroatoms. The van der Waals surface area contributed by atoms with Gasteiger partial charge < -0.3 is 20.5 Å². The topological polar surface area (TPSA) is 84.5 Å².